The number of hydrogen-bond donors (Lipinski definition) is 2. The van der Waals surface area contributed by atoms with Gasteiger partial charge in [0.1, 0.15) is 0 Å². The van der Waals surface area contributed by atoms with Crippen molar-refractivity contribution in [1.29, 1.82) is 0 Å². The summed E-state index contributed by atoms with van der Waals surface area (Å²) in [5, 5.41) is 19.1. The summed E-state index contributed by atoms with van der Waals surface area (Å²) in [6, 6.07) is 10.7. The SMILES string of the molecule is O=C(O)c1ccc(Nc2ccc(I)cc2)nn1. The van der Waals surface area contributed by atoms with Gasteiger partial charge in [-0.25, -0.2) is 4.79 Å². The van der Waals surface area contributed by atoms with Gasteiger partial charge in [0.25, 0.3) is 0 Å². The number of carboxylic acid groups (broad SMARTS) is 1. The molecule has 0 saturated carbocycles. The molecule has 0 saturated heterocycles. The number of benzene rings is 1. The first kappa shape index (κ1) is 11.8. The van der Waals surface area contributed by atoms with Crippen molar-refractivity contribution in [2.75, 3.05) is 5.32 Å². The molecule has 0 radical (unpaired) electrons. The third-order valence-corrected chi connectivity index (χ3v) is 2.72. The van der Waals surface area contributed by atoms with Crippen LogP contribution in [0.25, 0.3) is 0 Å². The van der Waals surface area contributed by atoms with Crippen LogP contribution in [0, 0.1) is 3.57 Å². The number of halogens is 1. The van der Waals surface area contributed by atoms with Crippen LogP contribution in [0.15, 0.2) is 36.4 Å². The molecule has 2 aromatic rings. The first-order valence-corrected chi connectivity index (χ1v) is 5.82. The monoisotopic (exact) mass is 341 g/mol. The Morgan fingerprint density at radius 1 is 1.12 bits per heavy atom. The van der Waals surface area contributed by atoms with Crippen LogP contribution < -0.4 is 5.32 Å². The predicted octanol–water partition coefficient (Wildman–Crippen LogP) is 2.52. The van der Waals surface area contributed by atoms with Crippen molar-refractivity contribution in [3.05, 3.63) is 45.7 Å². The zero-order valence-electron chi connectivity index (χ0n) is 8.59. The molecule has 1 aromatic heterocycles. The maximum absolute atomic E-state index is 10.6. The molecule has 1 aromatic carbocycles. The van der Waals surface area contributed by atoms with E-state index in [4.69, 9.17) is 5.11 Å². The van der Waals surface area contributed by atoms with E-state index in [0.717, 1.165) is 9.26 Å². The zero-order valence-corrected chi connectivity index (χ0v) is 10.7. The van der Waals surface area contributed by atoms with Crippen LogP contribution >= 0.6 is 22.6 Å². The van der Waals surface area contributed by atoms with Crippen LogP contribution in [0.2, 0.25) is 0 Å². The average Bonchev–Trinajstić information content (AvgIpc) is 2.33. The highest BCUT2D eigenvalue weighted by atomic mass is 127. The summed E-state index contributed by atoms with van der Waals surface area (Å²) in [4.78, 5) is 10.6. The molecular weight excluding hydrogens is 333 g/mol. The molecule has 2 rings (SSSR count). The summed E-state index contributed by atoms with van der Waals surface area (Å²) in [5.74, 6) is -0.575. The third kappa shape index (κ3) is 3.13. The maximum atomic E-state index is 10.6. The fraction of sp³-hybridized carbons (Fsp3) is 0. The van der Waals surface area contributed by atoms with Gasteiger partial charge in [-0.1, -0.05) is 0 Å². The van der Waals surface area contributed by atoms with E-state index in [9.17, 15) is 4.79 Å². The van der Waals surface area contributed by atoms with Crippen LogP contribution in [0.4, 0.5) is 11.5 Å². The topological polar surface area (TPSA) is 75.1 Å². The molecule has 5 nitrogen and oxygen atoms in total. The molecule has 0 bridgehead atoms. The molecule has 0 amide bonds. The number of aromatic nitrogens is 2. The Labute approximate surface area is 111 Å². The van der Waals surface area contributed by atoms with E-state index in [1.54, 1.807) is 6.07 Å². The molecule has 17 heavy (non-hydrogen) atoms. The molecule has 0 aliphatic carbocycles. The van der Waals surface area contributed by atoms with Crippen LogP contribution in [-0.4, -0.2) is 21.3 Å². The van der Waals surface area contributed by atoms with Crippen molar-refractivity contribution in [1.82, 2.24) is 10.2 Å². The first-order chi connectivity index (χ1) is 8.15. The maximum Gasteiger partial charge on any atom is 0.356 e. The van der Waals surface area contributed by atoms with Gasteiger partial charge in [0.2, 0.25) is 0 Å². The molecule has 0 aliphatic rings. The lowest BCUT2D eigenvalue weighted by Crippen LogP contribution is -2.03. The van der Waals surface area contributed by atoms with Crippen molar-refractivity contribution in [3.63, 3.8) is 0 Å². The summed E-state index contributed by atoms with van der Waals surface area (Å²) in [6.45, 7) is 0. The molecule has 86 valence electrons. The number of carboxylic acids is 1. The normalized spacial score (nSPS) is 9.94. The van der Waals surface area contributed by atoms with Crippen LogP contribution in [-0.2, 0) is 0 Å². The first-order valence-electron chi connectivity index (χ1n) is 4.75. The number of anilines is 2. The van der Waals surface area contributed by atoms with Gasteiger partial charge in [-0.3, -0.25) is 0 Å². The van der Waals surface area contributed by atoms with Gasteiger partial charge in [0, 0.05) is 9.26 Å². The van der Waals surface area contributed by atoms with Gasteiger partial charge in [-0.05, 0) is 59.0 Å². The Balaban J connectivity index is 2.13. The van der Waals surface area contributed by atoms with E-state index in [1.807, 2.05) is 24.3 Å². The van der Waals surface area contributed by atoms with Gasteiger partial charge in [-0.15, -0.1) is 10.2 Å². The molecule has 0 fully saturated rings. The van der Waals surface area contributed by atoms with Crippen LogP contribution in [0.1, 0.15) is 10.5 Å². The largest absolute Gasteiger partial charge is 0.476 e. The standard InChI is InChI=1S/C11H8IN3O2/c12-7-1-3-8(4-2-7)13-10-6-5-9(11(16)17)14-15-10/h1-6H,(H,13,15)(H,16,17). The van der Waals surface area contributed by atoms with Gasteiger partial charge < -0.3 is 10.4 Å². The minimum absolute atomic E-state index is 0.0711. The average molecular weight is 341 g/mol. The van der Waals surface area contributed by atoms with E-state index >= 15 is 0 Å². The molecule has 1 heterocycles. The van der Waals surface area contributed by atoms with Crippen molar-refractivity contribution in [2.24, 2.45) is 0 Å². The lowest BCUT2D eigenvalue weighted by molar-refractivity contribution is 0.0689. The quantitative estimate of drug-likeness (QED) is 0.840. The van der Waals surface area contributed by atoms with Gasteiger partial charge in [-0.2, -0.15) is 0 Å². The number of nitrogens with one attached hydrogen (secondary N) is 1. The fourth-order valence-electron chi connectivity index (χ4n) is 1.19. The Hall–Kier alpha value is -1.70. The van der Waals surface area contributed by atoms with Crippen LogP contribution in [0.5, 0.6) is 0 Å². The smallest absolute Gasteiger partial charge is 0.356 e. The Morgan fingerprint density at radius 2 is 1.82 bits per heavy atom. The van der Waals surface area contributed by atoms with Crippen molar-refractivity contribution >= 4 is 40.1 Å². The lowest BCUT2D eigenvalue weighted by Gasteiger charge is -2.04. The zero-order chi connectivity index (χ0) is 12.3. The number of rotatable bonds is 3. The number of aromatic carboxylic acids is 1. The summed E-state index contributed by atoms with van der Waals surface area (Å²) in [5.41, 5.74) is 0.806. The Kier molecular flexibility index (Phi) is 3.52. The number of hydrogen-bond acceptors (Lipinski definition) is 4. The Bertz CT molecular complexity index is 525. The second kappa shape index (κ2) is 5.09. The number of nitrogens with zero attached hydrogens (tertiary/aromatic N) is 2. The van der Waals surface area contributed by atoms with Crippen molar-refractivity contribution < 1.29 is 9.90 Å². The molecule has 0 spiro atoms. The lowest BCUT2D eigenvalue weighted by atomic mass is 10.3. The highest BCUT2D eigenvalue weighted by molar-refractivity contribution is 14.1. The molecule has 6 heteroatoms. The second-order valence-electron chi connectivity index (χ2n) is 3.24. The van der Waals surface area contributed by atoms with E-state index < -0.39 is 5.97 Å². The summed E-state index contributed by atoms with van der Waals surface area (Å²) in [7, 11) is 0. The summed E-state index contributed by atoms with van der Waals surface area (Å²) in [6.07, 6.45) is 0. The third-order valence-electron chi connectivity index (χ3n) is 2.00. The highest BCUT2D eigenvalue weighted by Gasteiger charge is 2.04. The molecular formula is C11H8IN3O2. The molecule has 0 atom stereocenters. The summed E-state index contributed by atoms with van der Waals surface area (Å²) < 4.78 is 1.14. The van der Waals surface area contributed by atoms with E-state index in [-0.39, 0.29) is 5.69 Å². The van der Waals surface area contributed by atoms with Gasteiger partial charge in [0.05, 0.1) is 0 Å². The Morgan fingerprint density at radius 3 is 2.35 bits per heavy atom. The summed E-state index contributed by atoms with van der Waals surface area (Å²) >= 11 is 2.22. The van der Waals surface area contributed by atoms with Gasteiger partial charge in [0.15, 0.2) is 11.5 Å². The minimum Gasteiger partial charge on any atom is -0.476 e. The minimum atomic E-state index is -1.08. The molecule has 0 aliphatic heterocycles. The van der Waals surface area contributed by atoms with E-state index in [2.05, 4.69) is 38.1 Å². The van der Waals surface area contributed by atoms with E-state index in [1.165, 1.54) is 6.07 Å². The van der Waals surface area contributed by atoms with Crippen molar-refractivity contribution in [3.8, 4) is 0 Å². The van der Waals surface area contributed by atoms with Crippen molar-refractivity contribution in [2.45, 2.75) is 0 Å². The molecule has 0 unspecified atom stereocenters. The molecule has 2 N–H and O–H groups in total. The fourth-order valence-corrected chi connectivity index (χ4v) is 1.55. The highest BCUT2D eigenvalue weighted by Crippen LogP contribution is 2.15. The van der Waals surface area contributed by atoms with E-state index in [0.29, 0.717) is 5.82 Å². The second-order valence-corrected chi connectivity index (χ2v) is 4.49. The van der Waals surface area contributed by atoms with Crippen LogP contribution in [0.3, 0.4) is 0 Å². The van der Waals surface area contributed by atoms with Gasteiger partial charge >= 0.3 is 5.97 Å². The number of carbonyl (C=O) groups is 1. The predicted molar refractivity (Wildman–Crippen MR) is 71.4 cm³/mol.